The Balaban J connectivity index is 1.05. The van der Waals surface area contributed by atoms with E-state index in [1.807, 2.05) is 17.0 Å². The van der Waals surface area contributed by atoms with E-state index in [0.29, 0.717) is 25.9 Å². The van der Waals surface area contributed by atoms with Gasteiger partial charge in [-0.05, 0) is 64.3 Å². The minimum absolute atomic E-state index is 0.0276. The lowest BCUT2D eigenvalue weighted by Gasteiger charge is -2.43. The zero-order chi connectivity index (χ0) is 25.0. The van der Waals surface area contributed by atoms with Crippen LogP contribution in [0.3, 0.4) is 0 Å². The molecule has 4 nitrogen and oxygen atoms in total. The van der Waals surface area contributed by atoms with Gasteiger partial charge in [-0.2, -0.15) is 0 Å². The number of amides is 1. The second-order valence-corrected chi connectivity index (χ2v) is 11.1. The molecule has 1 N–H and O–H groups in total. The maximum absolute atomic E-state index is 13.4. The summed E-state index contributed by atoms with van der Waals surface area (Å²) in [7, 11) is 0. The van der Waals surface area contributed by atoms with Crippen molar-refractivity contribution in [1.29, 1.82) is 0 Å². The number of aliphatic hydroxyl groups is 1. The van der Waals surface area contributed by atoms with E-state index in [9.17, 15) is 9.90 Å². The highest BCUT2D eigenvalue weighted by atomic mass is 16.6. The van der Waals surface area contributed by atoms with Crippen LogP contribution in [0.1, 0.15) is 48.3 Å². The molecule has 2 unspecified atom stereocenters. The molecule has 3 aliphatic rings. The van der Waals surface area contributed by atoms with Crippen molar-refractivity contribution in [1.82, 2.24) is 4.90 Å². The second kappa shape index (κ2) is 8.74. The lowest BCUT2D eigenvalue weighted by atomic mass is 9.81. The number of fused-ring (bicyclic) bond motifs is 6. The van der Waals surface area contributed by atoms with Crippen LogP contribution in [0.2, 0.25) is 0 Å². The Bertz CT molecular complexity index is 1430. The van der Waals surface area contributed by atoms with E-state index in [2.05, 4.69) is 78.9 Å². The molecule has 0 spiro atoms. The van der Waals surface area contributed by atoms with Crippen LogP contribution in [0.25, 0.3) is 21.9 Å². The van der Waals surface area contributed by atoms with Crippen LogP contribution >= 0.6 is 0 Å². The molecule has 2 aliphatic heterocycles. The molecule has 1 aliphatic carbocycles. The standard InChI is InChI=1S/C33H31NO3/c35-32(37-21-31-29-11-5-3-9-27(29)28-10-4-6-12-30(28)31)34-25-15-16-26(34)20-33(36,19-25)18-22-13-14-23-7-1-2-8-24(23)17-22/h1-14,17,25-26,31,36H,15-16,18-21H2. The molecule has 0 saturated carbocycles. The third kappa shape index (κ3) is 3.91. The summed E-state index contributed by atoms with van der Waals surface area (Å²) in [4.78, 5) is 15.3. The summed E-state index contributed by atoms with van der Waals surface area (Å²) in [6.07, 6.45) is 3.43. The number of carbonyl (C=O) groups excluding carboxylic acids is 1. The number of ether oxygens (including phenoxy) is 1. The van der Waals surface area contributed by atoms with Gasteiger partial charge in [0.25, 0.3) is 0 Å². The van der Waals surface area contributed by atoms with Crippen molar-refractivity contribution in [2.75, 3.05) is 6.61 Å². The summed E-state index contributed by atoms with van der Waals surface area (Å²) in [5, 5.41) is 14.0. The minimum Gasteiger partial charge on any atom is -0.448 e. The SMILES string of the molecule is O=C(OCC1c2ccccc2-c2ccccc21)N1C2CCC1CC(O)(Cc1ccc3ccccc3c1)C2. The Morgan fingerprint density at radius 2 is 1.41 bits per heavy atom. The predicted octanol–water partition coefficient (Wildman–Crippen LogP) is 6.69. The number of hydrogen-bond donors (Lipinski definition) is 1. The minimum atomic E-state index is -0.797. The molecule has 7 rings (SSSR count). The summed E-state index contributed by atoms with van der Waals surface area (Å²) < 4.78 is 6.00. The van der Waals surface area contributed by atoms with Gasteiger partial charge in [-0.1, -0.05) is 91.0 Å². The van der Waals surface area contributed by atoms with Crippen LogP contribution in [0, 0.1) is 0 Å². The first-order chi connectivity index (χ1) is 18.1. The fourth-order valence-electron chi connectivity index (χ4n) is 7.16. The van der Waals surface area contributed by atoms with Gasteiger partial charge in [0.15, 0.2) is 0 Å². The predicted molar refractivity (Wildman–Crippen MR) is 146 cm³/mol. The first-order valence-electron chi connectivity index (χ1n) is 13.4. The monoisotopic (exact) mass is 489 g/mol. The van der Waals surface area contributed by atoms with Crippen molar-refractivity contribution >= 4 is 16.9 Å². The van der Waals surface area contributed by atoms with Crippen LogP contribution in [0.5, 0.6) is 0 Å². The van der Waals surface area contributed by atoms with E-state index in [-0.39, 0.29) is 24.1 Å². The zero-order valence-electron chi connectivity index (χ0n) is 20.8. The molecule has 2 heterocycles. The number of piperidine rings is 1. The highest BCUT2D eigenvalue weighted by molar-refractivity contribution is 5.83. The summed E-state index contributed by atoms with van der Waals surface area (Å²) >= 11 is 0. The van der Waals surface area contributed by atoms with Gasteiger partial charge in [0.1, 0.15) is 6.61 Å². The van der Waals surface area contributed by atoms with E-state index >= 15 is 0 Å². The Morgan fingerprint density at radius 3 is 2.08 bits per heavy atom. The molecule has 37 heavy (non-hydrogen) atoms. The average Bonchev–Trinajstić information content (AvgIpc) is 3.39. The van der Waals surface area contributed by atoms with Crippen molar-refractivity contribution in [3.05, 3.63) is 108 Å². The van der Waals surface area contributed by atoms with E-state index < -0.39 is 5.60 Å². The molecule has 1 amide bonds. The normalized spacial score (nSPS) is 24.2. The van der Waals surface area contributed by atoms with Crippen molar-refractivity contribution in [3.8, 4) is 11.1 Å². The third-order valence-corrected chi connectivity index (χ3v) is 8.75. The molecular weight excluding hydrogens is 458 g/mol. The Hall–Kier alpha value is -3.63. The fourth-order valence-corrected chi connectivity index (χ4v) is 7.16. The van der Waals surface area contributed by atoms with Gasteiger partial charge in [-0.15, -0.1) is 0 Å². The van der Waals surface area contributed by atoms with Crippen LogP contribution < -0.4 is 0 Å². The summed E-state index contributed by atoms with van der Waals surface area (Å²) in [6, 6.07) is 31.7. The molecule has 0 aromatic heterocycles. The Labute approximate surface area is 217 Å². The van der Waals surface area contributed by atoms with Gasteiger partial charge in [0, 0.05) is 24.4 Å². The first-order valence-corrected chi connectivity index (χ1v) is 13.4. The van der Waals surface area contributed by atoms with Gasteiger partial charge < -0.3 is 14.7 Å². The van der Waals surface area contributed by atoms with Crippen molar-refractivity contribution in [3.63, 3.8) is 0 Å². The number of hydrogen-bond acceptors (Lipinski definition) is 3. The van der Waals surface area contributed by atoms with E-state index in [1.54, 1.807) is 0 Å². The summed E-state index contributed by atoms with van der Waals surface area (Å²) in [6.45, 7) is 0.337. The highest BCUT2D eigenvalue weighted by Crippen LogP contribution is 2.46. The lowest BCUT2D eigenvalue weighted by molar-refractivity contribution is -0.0479. The molecule has 2 atom stereocenters. The number of carbonyl (C=O) groups is 1. The second-order valence-electron chi connectivity index (χ2n) is 11.1. The first kappa shape index (κ1) is 22.6. The van der Waals surface area contributed by atoms with Crippen LogP contribution in [-0.2, 0) is 11.2 Å². The fraction of sp³-hybridized carbons (Fsp3) is 0.303. The lowest BCUT2D eigenvalue weighted by Crippen LogP contribution is -2.54. The van der Waals surface area contributed by atoms with Gasteiger partial charge in [-0.3, -0.25) is 0 Å². The van der Waals surface area contributed by atoms with E-state index in [0.717, 1.165) is 18.4 Å². The summed E-state index contributed by atoms with van der Waals surface area (Å²) in [5.41, 5.74) is 5.27. The smallest absolute Gasteiger partial charge is 0.410 e. The van der Waals surface area contributed by atoms with Gasteiger partial charge >= 0.3 is 6.09 Å². The molecule has 0 radical (unpaired) electrons. The van der Waals surface area contributed by atoms with Gasteiger partial charge in [0.05, 0.1) is 5.60 Å². The topological polar surface area (TPSA) is 49.8 Å². The molecule has 2 bridgehead atoms. The largest absolute Gasteiger partial charge is 0.448 e. The molecule has 2 saturated heterocycles. The van der Waals surface area contributed by atoms with Crippen molar-refractivity contribution in [2.24, 2.45) is 0 Å². The molecule has 4 aromatic carbocycles. The van der Waals surface area contributed by atoms with Crippen molar-refractivity contribution < 1.29 is 14.6 Å². The molecule has 4 heteroatoms. The van der Waals surface area contributed by atoms with Crippen LogP contribution in [-0.4, -0.2) is 40.4 Å². The quantitative estimate of drug-likeness (QED) is 0.347. The van der Waals surface area contributed by atoms with E-state index in [4.69, 9.17) is 4.74 Å². The van der Waals surface area contributed by atoms with Crippen LogP contribution in [0.15, 0.2) is 91.0 Å². The molecule has 2 fully saturated rings. The van der Waals surface area contributed by atoms with Gasteiger partial charge in [-0.25, -0.2) is 4.79 Å². The maximum atomic E-state index is 13.4. The van der Waals surface area contributed by atoms with E-state index in [1.165, 1.54) is 33.0 Å². The zero-order valence-corrected chi connectivity index (χ0v) is 20.8. The number of rotatable bonds is 4. The van der Waals surface area contributed by atoms with Crippen LogP contribution in [0.4, 0.5) is 4.79 Å². The molecular formula is C33H31NO3. The van der Waals surface area contributed by atoms with Crippen molar-refractivity contribution in [2.45, 2.75) is 55.7 Å². The highest BCUT2D eigenvalue weighted by Gasteiger charge is 2.50. The Kier molecular flexibility index (Phi) is 5.33. The molecule has 4 aromatic rings. The number of benzene rings is 4. The third-order valence-electron chi connectivity index (χ3n) is 8.75. The Morgan fingerprint density at radius 1 is 0.811 bits per heavy atom. The average molecular weight is 490 g/mol. The number of nitrogens with zero attached hydrogens (tertiary/aromatic N) is 1. The molecule has 186 valence electrons. The van der Waals surface area contributed by atoms with Gasteiger partial charge in [0.2, 0.25) is 0 Å². The summed E-state index contributed by atoms with van der Waals surface area (Å²) in [5.74, 6) is 0.0589. The maximum Gasteiger partial charge on any atom is 0.410 e.